The van der Waals surface area contributed by atoms with Crippen LogP contribution in [0.5, 0.6) is 0 Å². The number of carbonyl (C=O) groups is 1. The van der Waals surface area contributed by atoms with Crippen LogP contribution < -0.4 is 5.73 Å². The summed E-state index contributed by atoms with van der Waals surface area (Å²) in [5, 5.41) is 0. The van der Waals surface area contributed by atoms with Gasteiger partial charge in [0.1, 0.15) is 30.0 Å². The van der Waals surface area contributed by atoms with Crippen molar-refractivity contribution in [2.75, 3.05) is 6.67 Å². The van der Waals surface area contributed by atoms with Gasteiger partial charge in [-0.15, -0.1) is 0 Å². The van der Waals surface area contributed by atoms with E-state index in [2.05, 4.69) is 9.98 Å². The van der Waals surface area contributed by atoms with Gasteiger partial charge in [0, 0.05) is 18.9 Å². The first kappa shape index (κ1) is 18.9. The monoisotopic (exact) mass is 381 g/mol. The highest BCUT2D eigenvalue weighted by atomic mass is 19.1. The number of aryl methyl sites for hydroxylation is 1. The van der Waals surface area contributed by atoms with Gasteiger partial charge < -0.3 is 14.9 Å². The highest BCUT2D eigenvalue weighted by Crippen LogP contribution is 2.38. The van der Waals surface area contributed by atoms with Crippen molar-refractivity contribution in [3.05, 3.63) is 53.0 Å². The van der Waals surface area contributed by atoms with Gasteiger partial charge in [-0.3, -0.25) is 4.79 Å². The summed E-state index contributed by atoms with van der Waals surface area (Å²) in [4.78, 5) is 20.1. The first-order valence-corrected chi connectivity index (χ1v) is 8.21. The average molecular weight is 381 g/mol. The van der Waals surface area contributed by atoms with Crippen LogP contribution in [0.4, 0.5) is 13.2 Å². The highest BCUT2D eigenvalue weighted by Gasteiger charge is 2.48. The number of amidine groups is 1. The molecule has 0 bridgehead atoms. The third-order valence-corrected chi connectivity index (χ3v) is 4.48. The summed E-state index contributed by atoms with van der Waals surface area (Å²) < 4.78 is 52.2. The summed E-state index contributed by atoms with van der Waals surface area (Å²) in [5.74, 6) is -0.747. The average Bonchev–Trinajstić information content (AvgIpc) is 3.06. The standard InChI is InChI=1S/C18H18F3N3O3/c1-9-23-13(8-26-9)14(25)6-10-3-4-12(20)11(5-10)18(2)16(21)15(7-19)27-17(22)24-18/h3-5,8,15-16H,6-7H2,1-2H3,(H2,22,24)/t15-,16+,18-/m1/s1. The molecular formula is C18H18F3N3O3. The molecule has 0 spiro atoms. The van der Waals surface area contributed by atoms with Crippen LogP contribution in [0.25, 0.3) is 0 Å². The Kier molecular flexibility index (Phi) is 4.95. The first-order chi connectivity index (χ1) is 12.7. The minimum absolute atomic E-state index is 0.103. The first-order valence-electron chi connectivity index (χ1n) is 8.21. The van der Waals surface area contributed by atoms with E-state index < -0.39 is 36.3 Å². The lowest BCUT2D eigenvalue weighted by Gasteiger charge is -2.37. The highest BCUT2D eigenvalue weighted by molar-refractivity contribution is 5.95. The number of nitrogens with zero attached hydrogens (tertiary/aromatic N) is 2. The van der Waals surface area contributed by atoms with Gasteiger partial charge in [-0.25, -0.2) is 23.1 Å². The van der Waals surface area contributed by atoms with Crippen molar-refractivity contribution in [2.24, 2.45) is 10.7 Å². The summed E-state index contributed by atoms with van der Waals surface area (Å²) in [6.45, 7) is 1.77. The van der Waals surface area contributed by atoms with Crippen molar-refractivity contribution in [3.8, 4) is 0 Å². The van der Waals surface area contributed by atoms with Crippen molar-refractivity contribution < 1.29 is 27.1 Å². The Morgan fingerprint density at radius 2 is 2.15 bits per heavy atom. The van der Waals surface area contributed by atoms with E-state index in [0.717, 1.165) is 6.07 Å². The molecule has 3 rings (SSSR count). The molecule has 0 unspecified atom stereocenters. The van der Waals surface area contributed by atoms with E-state index in [1.165, 1.54) is 25.3 Å². The van der Waals surface area contributed by atoms with Crippen LogP contribution >= 0.6 is 0 Å². The molecule has 0 amide bonds. The molecule has 1 aromatic heterocycles. The van der Waals surface area contributed by atoms with Gasteiger partial charge in [0.25, 0.3) is 6.02 Å². The number of halogens is 3. The Balaban J connectivity index is 1.95. The normalized spacial score (nSPS) is 25.0. The van der Waals surface area contributed by atoms with E-state index in [-0.39, 0.29) is 23.5 Å². The minimum Gasteiger partial charge on any atom is -0.456 e. The number of oxazole rings is 1. The van der Waals surface area contributed by atoms with Gasteiger partial charge in [-0.05, 0) is 24.6 Å². The predicted molar refractivity (Wildman–Crippen MR) is 90.4 cm³/mol. The number of nitrogens with two attached hydrogens (primary N) is 1. The van der Waals surface area contributed by atoms with Crippen molar-refractivity contribution >= 4 is 11.8 Å². The van der Waals surface area contributed by atoms with Crippen LogP contribution in [0, 0.1) is 12.7 Å². The molecule has 3 atom stereocenters. The number of carbonyl (C=O) groups excluding carboxylic acids is 1. The molecule has 0 fully saturated rings. The lowest BCUT2D eigenvalue weighted by atomic mass is 9.83. The van der Waals surface area contributed by atoms with E-state index in [4.69, 9.17) is 14.9 Å². The number of Topliss-reactive ketones (excluding diaryl/α,β-unsaturated/α-hetero) is 1. The Hall–Kier alpha value is -2.84. The SMILES string of the molecule is Cc1nc(C(=O)Cc2ccc(F)c([C@@]3(C)N=C(N)O[C@H](CF)[C@@H]3F)c2)co1. The van der Waals surface area contributed by atoms with Crippen molar-refractivity contribution in [1.29, 1.82) is 0 Å². The van der Waals surface area contributed by atoms with E-state index >= 15 is 0 Å². The quantitative estimate of drug-likeness (QED) is 0.805. The molecule has 0 aliphatic carbocycles. The van der Waals surface area contributed by atoms with Gasteiger partial charge in [0.15, 0.2) is 23.9 Å². The van der Waals surface area contributed by atoms with Crippen LogP contribution in [-0.4, -0.2) is 35.7 Å². The number of aromatic nitrogens is 1. The van der Waals surface area contributed by atoms with Crippen molar-refractivity contribution in [1.82, 2.24) is 4.98 Å². The molecule has 1 aromatic carbocycles. The van der Waals surface area contributed by atoms with Crippen molar-refractivity contribution in [2.45, 2.75) is 38.1 Å². The summed E-state index contributed by atoms with van der Waals surface area (Å²) in [6.07, 6.45) is -2.33. The van der Waals surface area contributed by atoms with Crippen molar-refractivity contribution in [3.63, 3.8) is 0 Å². The van der Waals surface area contributed by atoms with Gasteiger partial charge >= 0.3 is 0 Å². The summed E-state index contributed by atoms with van der Waals surface area (Å²) in [6, 6.07) is 3.41. The molecule has 1 aliphatic rings. The fourth-order valence-electron chi connectivity index (χ4n) is 3.05. The van der Waals surface area contributed by atoms with E-state index in [1.807, 2.05) is 0 Å². The maximum Gasteiger partial charge on any atom is 0.283 e. The predicted octanol–water partition coefficient (Wildman–Crippen LogP) is 2.78. The van der Waals surface area contributed by atoms with Crippen LogP contribution in [0.1, 0.15) is 34.4 Å². The second-order valence-corrected chi connectivity index (χ2v) is 6.48. The molecular weight excluding hydrogens is 363 g/mol. The molecule has 2 heterocycles. The number of aliphatic imine (C=N–C) groups is 1. The number of alkyl halides is 2. The van der Waals surface area contributed by atoms with E-state index in [9.17, 15) is 18.0 Å². The van der Waals surface area contributed by atoms with Crippen LogP contribution in [0.15, 0.2) is 33.9 Å². The number of hydrogen-bond acceptors (Lipinski definition) is 6. The zero-order chi connectivity index (χ0) is 19.8. The second-order valence-electron chi connectivity index (χ2n) is 6.48. The maximum absolute atomic E-state index is 14.8. The smallest absolute Gasteiger partial charge is 0.283 e. The number of hydrogen-bond donors (Lipinski definition) is 1. The number of ketones is 1. The van der Waals surface area contributed by atoms with Gasteiger partial charge in [0.2, 0.25) is 0 Å². The Morgan fingerprint density at radius 1 is 1.41 bits per heavy atom. The minimum atomic E-state index is -1.96. The van der Waals surface area contributed by atoms with Gasteiger partial charge in [0.05, 0.1) is 0 Å². The largest absolute Gasteiger partial charge is 0.456 e. The van der Waals surface area contributed by atoms with E-state index in [1.54, 1.807) is 6.92 Å². The summed E-state index contributed by atoms with van der Waals surface area (Å²) in [7, 11) is 0. The molecule has 0 saturated heterocycles. The lowest BCUT2D eigenvalue weighted by molar-refractivity contribution is 0.00449. The molecule has 27 heavy (non-hydrogen) atoms. The maximum atomic E-state index is 14.8. The fourth-order valence-corrected chi connectivity index (χ4v) is 3.05. The molecule has 144 valence electrons. The molecule has 0 saturated carbocycles. The second kappa shape index (κ2) is 7.05. The summed E-state index contributed by atoms with van der Waals surface area (Å²) in [5.41, 5.74) is 4.16. The Labute approximate surface area is 153 Å². The van der Waals surface area contributed by atoms with E-state index in [0.29, 0.717) is 11.5 Å². The molecule has 6 nitrogen and oxygen atoms in total. The lowest BCUT2D eigenvalue weighted by Crippen LogP contribution is -2.50. The fraction of sp³-hybridized carbons (Fsp3) is 0.389. The van der Waals surface area contributed by atoms with Crippen LogP contribution in [0.2, 0.25) is 0 Å². The molecule has 9 heteroatoms. The third kappa shape index (κ3) is 3.54. The zero-order valence-corrected chi connectivity index (χ0v) is 14.7. The summed E-state index contributed by atoms with van der Waals surface area (Å²) >= 11 is 0. The molecule has 2 aromatic rings. The van der Waals surface area contributed by atoms with Crippen LogP contribution in [0.3, 0.4) is 0 Å². The van der Waals surface area contributed by atoms with Gasteiger partial charge in [-0.2, -0.15) is 0 Å². The van der Waals surface area contributed by atoms with Crippen LogP contribution in [-0.2, 0) is 16.7 Å². The zero-order valence-electron chi connectivity index (χ0n) is 14.7. The Bertz CT molecular complexity index is 899. The van der Waals surface area contributed by atoms with Gasteiger partial charge in [-0.1, -0.05) is 6.07 Å². The number of rotatable bonds is 5. The molecule has 0 radical (unpaired) electrons. The topological polar surface area (TPSA) is 90.7 Å². The Morgan fingerprint density at radius 3 is 2.78 bits per heavy atom. The number of benzene rings is 1. The molecule has 1 aliphatic heterocycles. The third-order valence-electron chi connectivity index (χ3n) is 4.48. The molecule has 2 N–H and O–H groups in total. The number of ether oxygens (including phenoxy) is 1.